The number of fused-ring (bicyclic) bond motifs is 4. The number of amides is 4. The van der Waals surface area contributed by atoms with E-state index >= 15 is 4.79 Å². The average molecular weight is 886 g/mol. The number of phenolic OH excluding ortho intramolecular Hbond substituents is 1. The maximum atomic E-state index is 15.4. The standard InChI is InChI=1S/C45H30Cl3F3N4O6/c46-26-10-8-24(9-11-26)44-33(41(59)55(43(44)61)53-39-34(48)18-25(21-52-39)45(49,50)51)20-31-29(37(44)32-19-27(47)12-17-35(32)56)15-16-30-36(31)42(60)54(40(30)58)28-13-6-23(7-14-28)38(57)22-4-2-1-3-5-22/h1-15,17-19,21,30-31,33,36-37,56H,16,20H2,(H,52,53)/t30-,31+,33-,36-,37+,44+/m0/s1. The highest BCUT2D eigenvalue weighted by Gasteiger charge is 2.70. The molecule has 5 aromatic rings. The van der Waals surface area contributed by atoms with E-state index in [1.807, 2.05) is 0 Å². The molecule has 16 heteroatoms. The minimum absolute atomic E-state index is 0.0660. The van der Waals surface area contributed by atoms with Gasteiger partial charge in [-0.2, -0.15) is 18.2 Å². The van der Waals surface area contributed by atoms with Crippen molar-refractivity contribution in [2.24, 2.45) is 23.7 Å². The first-order chi connectivity index (χ1) is 29.1. The minimum Gasteiger partial charge on any atom is -0.508 e. The number of hydrogen-bond acceptors (Lipinski definition) is 8. The van der Waals surface area contributed by atoms with E-state index < -0.39 is 81.2 Å². The topological polar surface area (TPSA) is 137 Å². The fraction of sp³-hybridized carbons (Fsp3) is 0.200. The van der Waals surface area contributed by atoms with Crippen LogP contribution in [0.2, 0.25) is 15.1 Å². The van der Waals surface area contributed by atoms with Crippen molar-refractivity contribution in [1.82, 2.24) is 9.99 Å². The number of aromatic hydroxyl groups is 1. The van der Waals surface area contributed by atoms with Crippen molar-refractivity contribution in [1.29, 1.82) is 0 Å². The van der Waals surface area contributed by atoms with Crippen molar-refractivity contribution >= 4 is 75.7 Å². The zero-order valence-corrected chi connectivity index (χ0v) is 33.6. The van der Waals surface area contributed by atoms with Gasteiger partial charge in [0.2, 0.25) is 11.8 Å². The van der Waals surface area contributed by atoms with E-state index in [0.717, 1.165) is 4.90 Å². The Balaban J connectivity index is 1.16. The Labute approximate surface area is 360 Å². The van der Waals surface area contributed by atoms with Crippen LogP contribution in [0.5, 0.6) is 5.75 Å². The Morgan fingerprint density at radius 1 is 0.803 bits per heavy atom. The molecule has 2 aliphatic heterocycles. The predicted octanol–water partition coefficient (Wildman–Crippen LogP) is 9.19. The van der Waals surface area contributed by atoms with Crippen LogP contribution in [-0.2, 0) is 30.8 Å². The summed E-state index contributed by atoms with van der Waals surface area (Å²) in [5, 5.41) is 12.2. The second-order valence-corrected chi connectivity index (χ2v) is 16.7. The number of allylic oxidation sites excluding steroid dienone is 2. The molecule has 308 valence electrons. The first-order valence-electron chi connectivity index (χ1n) is 19.0. The third-order valence-corrected chi connectivity index (χ3v) is 13.1. The summed E-state index contributed by atoms with van der Waals surface area (Å²) in [4.78, 5) is 77.3. The number of pyridine rings is 1. The molecule has 1 aromatic heterocycles. The summed E-state index contributed by atoms with van der Waals surface area (Å²) in [6, 6.07) is 25.9. The monoisotopic (exact) mass is 884 g/mol. The number of rotatable bonds is 7. The molecule has 2 N–H and O–H groups in total. The minimum atomic E-state index is -4.78. The number of imide groups is 2. The lowest BCUT2D eigenvalue weighted by molar-refractivity contribution is -0.139. The second kappa shape index (κ2) is 14.9. The summed E-state index contributed by atoms with van der Waals surface area (Å²) in [5.74, 6) is -8.83. The van der Waals surface area contributed by atoms with Crippen LogP contribution in [-0.4, -0.2) is 44.5 Å². The maximum Gasteiger partial charge on any atom is 0.417 e. The lowest BCUT2D eigenvalue weighted by Crippen LogP contribution is -2.53. The van der Waals surface area contributed by atoms with Gasteiger partial charge in [-0.15, -0.1) is 0 Å². The van der Waals surface area contributed by atoms with Crippen molar-refractivity contribution in [2.45, 2.75) is 30.4 Å². The molecule has 2 aliphatic carbocycles. The summed E-state index contributed by atoms with van der Waals surface area (Å²) >= 11 is 19.2. The number of nitrogens with one attached hydrogen (secondary N) is 1. The predicted molar refractivity (Wildman–Crippen MR) is 219 cm³/mol. The van der Waals surface area contributed by atoms with Crippen molar-refractivity contribution in [3.8, 4) is 5.75 Å². The normalized spacial score (nSPS) is 24.6. The second-order valence-electron chi connectivity index (χ2n) is 15.4. The molecule has 4 aliphatic rings. The van der Waals surface area contributed by atoms with Crippen LogP contribution >= 0.6 is 34.8 Å². The van der Waals surface area contributed by atoms with Crippen LogP contribution < -0.4 is 10.3 Å². The van der Waals surface area contributed by atoms with Crippen molar-refractivity contribution in [3.05, 3.63) is 164 Å². The van der Waals surface area contributed by atoms with Gasteiger partial charge in [-0.3, -0.25) is 34.3 Å². The van der Waals surface area contributed by atoms with Gasteiger partial charge in [0.15, 0.2) is 11.6 Å². The van der Waals surface area contributed by atoms with Crippen LogP contribution in [0.3, 0.4) is 0 Å². The molecule has 9 rings (SSSR count). The molecular weight excluding hydrogens is 856 g/mol. The number of carbonyl (C=O) groups excluding carboxylic acids is 5. The SMILES string of the molecule is O=C(c1ccccc1)c1ccc(N2C(=O)[C@H]3[C@H](CC=C4[C@H]3C[C@H]3C(=O)N(Nc5ncc(C(F)(F)F)cc5Cl)C(=O)[C@@]3(c3ccc(Cl)cc3)[C@H]4c3cc(Cl)ccc3O)C2=O)cc1. The molecular formula is C45H30Cl3F3N4O6. The summed E-state index contributed by atoms with van der Waals surface area (Å²) in [5.41, 5.74) is 1.57. The number of phenols is 1. The van der Waals surface area contributed by atoms with Gasteiger partial charge in [-0.25, -0.2) is 4.98 Å². The van der Waals surface area contributed by atoms with Crippen LogP contribution in [0.25, 0.3) is 0 Å². The molecule has 61 heavy (non-hydrogen) atoms. The van der Waals surface area contributed by atoms with Gasteiger partial charge >= 0.3 is 6.18 Å². The zero-order chi connectivity index (χ0) is 43.1. The highest BCUT2D eigenvalue weighted by Crippen LogP contribution is 2.65. The van der Waals surface area contributed by atoms with Gasteiger partial charge in [0.05, 0.1) is 39.4 Å². The summed E-state index contributed by atoms with van der Waals surface area (Å²) in [6.45, 7) is 0. The summed E-state index contributed by atoms with van der Waals surface area (Å²) < 4.78 is 40.6. The highest BCUT2D eigenvalue weighted by atomic mass is 35.5. The number of halogens is 6. The van der Waals surface area contributed by atoms with Gasteiger partial charge < -0.3 is 5.11 Å². The molecule has 10 nitrogen and oxygen atoms in total. The number of anilines is 2. The number of aromatic nitrogens is 1. The van der Waals surface area contributed by atoms with Gasteiger partial charge in [-0.1, -0.05) is 88.9 Å². The number of hydrazine groups is 1. The first-order valence-corrected chi connectivity index (χ1v) is 20.1. The van der Waals surface area contributed by atoms with Crippen molar-refractivity contribution < 1.29 is 42.3 Å². The molecule has 1 saturated carbocycles. The van der Waals surface area contributed by atoms with Gasteiger partial charge in [-0.05, 0) is 85.0 Å². The van der Waals surface area contributed by atoms with Crippen molar-refractivity contribution in [3.63, 3.8) is 0 Å². The van der Waals surface area contributed by atoms with Crippen LogP contribution in [0.4, 0.5) is 24.7 Å². The van der Waals surface area contributed by atoms with E-state index in [0.29, 0.717) is 44.6 Å². The maximum absolute atomic E-state index is 15.4. The molecule has 6 atom stereocenters. The zero-order valence-electron chi connectivity index (χ0n) is 31.4. The number of ketones is 1. The van der Waals surface area contributed by atoms with E-state index in [1.165, 1.54) is 54.6 Å². The Morgan fingerprint density at radius 3 is 2.15 bits per heavy atom. The Hall–Kier alpha value is -6.02. The average Bonchev–Trinajstić information content (AvgIpc) is 3.62. The van der Waals surface area contributed by atoms with E-state index in [9.17, 15) is 37.5 Å². The molecule has 0 bridgehead atoms. The lowest BCUT2D eigenvalue weighted by atomic mass is 9.49. The van der Waals surface area contributed by atoms with Crippen LogP contribution in [0.1, 0.15) is 51.4 Å². The fourth-order valence-electron chi connectivity index (χ4n) is 9.66. The molecule has 2 saturated heterocycles. The number of hydrogen-bond donors (Lipinski definition) is 2. The highest BCUT2D eigenvalue weighted by molar-refractivity contribution is 6.33. The number of alkyl halides is 3. The largest absolute Gasteiger partial charge is 0.508 e. The molecule has 3 fully saturated rings. The van der Waals surface area contributed by atoms with Gasteiger partial charge in [0.1, 0.15) is 5.75 Å². The van der Waals surface area contributed by atoms with E-state index in [-0.39, 0.29) is 40.6 Å². The third kappa shape index (κ3) is 6.40. The van der Waals surface area contributed by atoms with E-state index in [1.54, 1.807) is 48.5 Å². The van der Waals surface area contributed by atoms with Gasteiger partial charge in [0.25, 0.3) is 11.8 Å². The summed E-state index contributed by atoms with van der Waals surface area (Å²) in [7, 11) is 0. The lowest BCUT2D eigenvalue weighted by Gasteiger charge is -2.50. The van der Waals surface area contributed by atoms with Crippen LogP contribution in [0, 0.1) is 23.7 Å². The Morgan fingerprint density at radius 2 is 1.48 bits per heavy atom. The molecule has 0 radical (unpaired) electrons. The van der Waals surface area contributed by atoms with Gasteiger partial charge in [0, 0.05) is 38.9 Å². The molecule has 4 aromatic carbocycles. The summed E-state index contributed by atoms with van der Waals surface area (Å²) in [6.07, 6.45) is -2.56. The molecule has 0 spiro atoms. The van der Waals surface area contributed by atoms with Crippen LogP contribution in [0.15, 0.2) is 121 Å². The fourth-order valence-corrected chi connectivity index (χ4v) is 10.2. The number of carbonyl (C=O) groups is 5. The Bertz CT molecular complexity index is 2720. The van der Waals surface area contributed by atoms with E-state index in [4.69, 9.17) is 34.8 Å². The molecule has 0 unspecified atom stereocenters. The van der Waals surface area contributed by atoms with Crippen molar-refractivity contribution in [2.75, 3.05) is 10.3 Å². The number of benzene rings is 4. The molecule has 4 amide bonds. The molecule has 3 heterocycles. The Kier molecular flexibility index (Phi) is 9.84. The smallest absolute Gasteiger partial charge is 0.417 e. The quantitative estimate of drug-likeness (QED) is 0.0939. The van der Waals surface area contributed by atoms with E-state index in [2.05, 4.69) is 10.4 Å². The first kappa shape index (κ1) is 40.4. The third-order valence-electron chi connectivity index (χ3n) is 12.3. The number of nitrogens with zero attached hydrogens (tertiary/aromatic N) is 3.